The summed E-state index contributed by atoms with van der Waals surface area (Å²) in [6.45, 7) is 2.86. The Morgan fingerprint density at radius 1 is 1.00 bits per heavy atom. The Hall–Kier alpha value is -1.51. The minimum Gasteiger partial charge on any atom is -0.325 e. The molecule has 3 heteroatoms. The van der Waals surface area contributed by atoms with E-state index in [1.807, 2.05) is 0 Å². The molecule has 0 radical (unpaired) electrons. The van der Waals surface area contributed by atoms with Crippen molar-refractivity contribution in [3.8, 4) is 0 Å². The van der Waals surface area contributed by atoms with Crippen molar-refractivity contribution >= 4 is 6.03 Å². The fourth-order valence-corrected chi connectivity index (χ4v) is 4.48. The van der Waals surface area contributed by atoms with Crippen LogP contribution in [-0.4, -0.2) is 41.5 Å². The summed E-state index contributed by atoms with van der Waals surface area (Å²) in [5, 5.41) is 0. The lowest BCUT2D eigenvalue weighted by atomic mass is 9.89. The summed E-state index contributed by atoms with van der Waals surface area (Å²) in [6.07, 6.45) is 7.07. The maximum absolute atomic E-state index is 12.9. The van der Waals surface area contributed by atoms with Crippen LogP contribution >= 0.6 is 0 Å². The largest absolute Gasteiger partial charge is 0.325 e. The molecule has 0 bridgehead atoms. The second-order valence-electron chi connectivity index (χ2n) is 6.74. The summed E-state index contributed by atoms with van der Waals surface area (Å²) in [4.78, 5) is 17.2. The van der Waals surface area contributed by atoms with Gasteiger partial charge in [0, 0.05) is 31.6 Å². The Morgan fingerprint density at radius 2 is 1.81 bits per heavy atom. The molecule has 1 aliphatic carbocycles. The molecule has 1 aromatic carbocycles. The highest BCUT2D eigenvalue weighted by molar-refractivity contribution is 5.75. The molecule has 21 heavy (non-hydrogen) atoms. The lowest BCUT2D eigenvalue weighted by molar-refractivity contribution is 0.104. The van der Waals surface area contributed by atoms with E-state index in [0.717, 1.165) is 32.5 Å². The zero-order valence-electron chi connectivity index (χ0n) is 12.6. The molecule has 2 fully saturated rings. The van der Waals surface area contributed by atoms with E-state index < -0.39 is 0 Å². The Labute approximate surface area is 126 Å². The molecule has 0 aromatic heterocycles. The van der Waals surface area contributed by atoms with Crippen molar-refractivity contribution in [2.24, 2.45) is 0 Å². The number of urea groups is 1. The SMILES string of the molecule is O=C(N1CCCCC1)N1CCC[C@H]2c3ccccc3C[C@H]21. The van der Waals surface area contributed by atoms with Gasteiger partial charge in [0.1, 0.15) is 0 Å². The second kappa shape index (κ2) is 5.36. The van der Waals surface area contributed by atoms with Gasteiger partial charge in [-0.3, -0.25) is 0 Å². The van der Waals surface area contributed by atoms with E-state index in [4.69, 9.17) is 0 Å². The zero-order valence-corrected chi connectivity index (χ0v) is 12.6. The lowest BCUT2D eigenvalue weighted by Gasteiger charge is -2.41. The maximum atomic E-state index is 12.9. The van der Waals surface area contributed by atoms with E-state index in [9.17, 15) is 4.79 Å². The predicted molar refractivity (Wildman–Crippen MR) is 83.4 cm³/mol. The fourth-order valence-electron chi connectivity index (χ4n) is 4.48. The molecular weight excluding hydrogens is 260 g/mol. The molecule has 2 heterocycles. The third kappa shape index (κ3) is 2.23. The third-order valence-electron chi connectivity index (χ3n) is 5.53. The molecule has 112 valence electrons. The first-order valence-corrected chi connectivity index (χ1v) is 8.48. The summed E-state index contributed by atoms with van der Waals surface area (Å²) in [5.74, 6) is 0.573. The van der Waals surface area contributed by atoms with Crippen LogP contribution in [0.3, 0.4) is 0 Å². The molecule has 2 aliphatic heterocycles. The van der Waals surface area contributed by atoms with Gasteiger partial charge in [-0.15, -0.1) is 0 Å². The smallest absolute Gasteiger partial charge is 0.320 e. The predicted octanol–water partition coefficient (Wildman–Crippen LogP) is 3.40. The van der Waals surface area contributed by atoms with Gasteiger partial charge in [0.15, 0.2) is 0 Å². The first-order valence-electron chi connectivity index (χ1n) is 8.48. The van der Waals surface area contributed by atoms with Crippen LogP contribution in [0.25, 0.3) is 0 Å². The van der Waals surface area contributed by atoms with Gasteiger partial charge in [-0.1, -0.05) is 24.3 Å². The van der Waals surface area contributed by atoms with Crippen LogP contribution in [0.1, 0.15) is 49.1 Å². The molecule has 3 nitrogen and oxygen atoms in total. The Kier molecular flexibility index (Phi) is 3.36. The van der Waals surface area contributed by atoms with Crippen LogP contribution < -0.4 is 0 Å². The summed E-state index contributed by atoms with van der Waals surface area (Å²) < 4.78 is 0. The first kappa shape index (κ1) is 13.2. The van der Waals surface area contributed by atoms with Crippen LogP contribution in [0, 0.1) is 0 Å². The zero-order chi connectivity index (χ0) is 14.2. The number of amides is 2. The molecule has 0 N–H and O–H groups in total. The highest BCUT2D eigenvalue weighted by Crippen LogP contribution is 2.42. The topological polar surface area (TPSA) is 23.6 Å². The standard InChI is InChI=1S/C18H24N2O/c21-18(19-10-4-1-5-11-19)20-12-6-9-16-15-8-3-2-7-14(15)13-17(16)20/h2-3,7-8,16-17H,1,4-6,9-13H2/t16-,17+/m0/s1. The van der Waals surface area contributed by atoms with Crippen LogP contribution in [-0.2, 0) is 6.42 Å². The Balaban J connectivity index is 1.56. The van der Waals surface area contributed by atoms with E-state index in [-0.39, 0.29) is 0 Å². The Morgan fingerprint density at radius 3 is 2.67 bits per heavy atom. The fraction of sp³-hybridized carbons (Fsp3) is 0.611. The number of carbonyl (C=O) groups is 1. The molecule has 0 unspecified atom stereocenters. The van der Waals surface area contributed by atoms with E-state index in [1.165, 1.54) is 36.8 Å². The summed E-state index contributed by atoms with van der Waals surface area (Å²) in [5.41, 5.74) is 2.96. The van der Waals surface area contributed by atoms with Gasteiger partial charge in [0.05, 0.1) is 0 Å². The van der Waals surface area contributed by atoms with Gasteiger partial charge in [-0.25, -0.2) is 4.79 Å². The average molecular weight is 284 g/mol. The molecule has 4 rings (SSSR count). The van der Waals surface area contributed by atoms with Crippen molar-refractivity contribution < 1.29 is 4.79 Å². The average Bonchev–Trinajstić information content (AvgIpc) is 2.94. The van der Waals surface area contributed by atoms with Crippen LogP contribution in [0.4, 0.5) is 4.79 Å². The van der Waals surface area contributed by atoms with E-state index in [2.05, 4.69) is 34.1 Å². The summed E-state index contributed by atoms with van der Waals surface area (Å²) >= 11 is 0. The number of likely N-dealkylation sites (tertiary alicyclic amines) is 2. The van der Waals surface area contributed by atoms with Crippen LogP contribution in [0.15, 0.2) is 24.3 Å². The summed E-state index contributed by atoms with van der Waals surface area (Å²) in [7, 11) is 0. The van der Waals surface area contributed by atoms with Crippen molar-refractivity contribution in [1.29, 1.82) is 0 Å². The van der Waals surface area contributed by atoms with Crippen molar-refractivity contribution in [3.05, 3.63) is 35.4 Å². The van der Waals surface area contributed by atoms with E-state index in [0.29, 0.717) is 18.0 Å². The maximum Gasteiger partial charge on any atom is 0.320 e. The van der Waals surface area contributed by atoms with Crippen LogP contribution in [0.5, 0.6) is 0 Å². The molecule has 2 amide bonds. The van der Waals surface area contributed by atoms with Crippen molar-refractivity contribution in [1.82, 2.24) is 9.80 Å². The molecule has 2 saturated heterocycles. The number of hydrogen-bond acceptors (Lipinski definition) is 1. The second-order valence-corrected chi connectivity index (χ2v) is 6.74. The van der Waals surface area contributed by atoms with Crippen molar-refractivity contribution in [2.75, 3.05) is 19.6 Å². The molecule has 0 saturated carbocycles. The van der Waals surface area contributed by atoms with Gasteiger partial charge in [0.25, 0.3) is 0 Å². The Bertz CT molecular complexity index is 536. The molecule has 2 atom stereocenters. The molecule has 3 aliphatic rings. The molecular formula is C18H24N2O. The van der Waals surface area contributed by atoms with Gasteiger partial charge in [0.2, 0.25) is 0 Å². The van der Waals surface area contributed by atoms with Crippen LogP contribution in [0.2, 0.25) is 0 Å². The van der Waals surface area contributed by atoms with Gasteiger partial charge in [-0.2, -0.15) is 0 Å². The van der Waals surface area contributed by atoms with Gasteiger partial charge in [-0.05, 0) is 49.7 Å². The lowest BCUT2D eigenvalue weighted by Crippen LogP contribution is -2.53. The number of benzene rings is 1. The van der Waals surface area contributed by atoms with Crippen molar-refractivity contribution in [2.45, 2.75) is 50.5 Å². The highest BCUT2D eigenvalue weighted by atomic mass is 16.2. The van der Waals surface area contributed by atoms with Gasteiger partial charge < -0.3 is 9.80 Å². The number of rotatable bonds is 0. The normalized spacial score (nSPS) is 28.2. The molecule has 1 aromatic rings. The summed E-state index contributed by atoms with van der Waals surface area (Å²) in [6, 6.07) is 9.51. The minimum absolute atomic E-state index is 0.303. The van der Waals surface area contributed by atoms with E-state index in [1.54, 1.807) is 0 Å². The first-order chi connectivity index (χ1) is 10.3. The monoisotopic (exact) mass is 284 g/mol. The highest BCUT2D eigenvalue weighted by Gasteiger charge is 2.41. The number of fused-ring (bicyclic) bond motifs is 3. The number of hydrogen-bond donors (Lipinski definition) is 0. The molecule has 0 spiro atoms. The minimum atomic E-state index is 0.303. The van der Waals surface area contributed by atoms with Gasteiger partial charge >= 0.3 is 6.03 Å². The number of piperidine rings is 2. The third-order valence-corrected chi connectivity index (χ3v) is 5.53. The van der Waals surface area contributed by atoms with E-state index >= 15 is 0 Å². The number of nitrogens with zero attached hydrogens (tertiary/aromatic N) is 2. The van der Waals surface area contributed by atoms with Crippen molar-refractivity contribution in [3.63, 3.8) is 0 Å². The quantitative estimate of drug-likeness (QED) is 0.716. The number of carbonyl (C=O) groups excluding carboxylic acids is 1.